The van der Waals surface area contributed by atoms with Gasteiger partial charge in [0.15, 0.2) is 0 Å². The lowest BCUT2D eigenvalue weighted by molar-refractivity contribution is -0.116. The minimum absolute atomic E-state index is 0.127. The third-order valence-electron chi connectivity index (χ3n) is 4.34. The highest BCUT2D eigenvalue weighted by Crippen LogP contribution is 2.43. The first-order chi connectivity index (χ1) is 11.1. The van der Waals surface area contributed by atoms with Gasteiger partial charge in [-0.3, -0.25) is 4.79 Å². The van der Waals surface area contributed by atoms with Gasteiger partial charge in [-0.2, -0.15) is 0 Å². The summed E-state index contributed by atoms with van der Waals surface area (Å²) in [7, 11) is 0. The molecule has 114 valence electrons. The van der Waals surface area contributed by atoms with E-state index in [1.165, 1.54) is 6.07 Å². The van der Waals surface area contributed by atoms with E-state index in [9.17, 15) is 9.18 Å². The van der Waals surface area contributed by atoms with Crippen molar-refractivity contribution in [2.75, 3.05) is 5.32 Å². The fourth-order valence-electron chi connectivity index (χ4n) is 3.31. The fourth-order valence-corrected chi connectivity index (χ4v) is 3.60. The highest BCUT2D eigenvalue weighted by Gasteiger charge is 2.30. The van der Waals surface area contributed by atoms with Gasteiger partial charge in [-0.05, 0) is 23.1 Å². The second-order valence-corrected chi connectivity index (χ2v) is 6.10. The Hall–Kier alpha value is -2.39. The highest BCUT2D eigenvalue weighted by molar-refractivity contribution is 6.31. The Morgan fingerprint density at radius 1 is 1.04 bits per heavy atom. The monoisotopic (exact) mass is 325 g/mol. The van der Waals surface area contributed by atoms with Crippen LogP contribution >= 0.6 is 11.6 Å². The van der Waals surface area contributed by atoms with Crippen LogP contribution in [0.25, 0.3) is 10.8 Å². The number of rotatable bonds is 1. The maximum absolute atomic E-state index is 14.4. The number of hydrogen-bond donors (Lipinski definition) is 1. The quantitative estimate of drug-likeness (QED) is 0.662. The van der Waals surface area contributed by atoms with Gasteiger partial charge < -0.3 is 5.32 Å². The van der Waals surface area contributed by atoms with Crippen molar-refractivity contribution in [2.45, 2.75) is 12.3 Å². The van der Waals surface area contributed by atoms with E-state index < -0.39 is 0 Å². The lowest BCUT2D eigenvalue weighted by atomic mass is 9.83. The van der Waals surface area contributed by atoms with Crippen LogP contribution < -0.4 is 5.32 Å². The highest BCUT2D eigenvalue weighted by atomic mass is 35.5. The number of carbonyl (C=O) groups excluding carboxylic acids is 1. The molecule has 3 aromatic carbocycles. The van der Waals surface area contributed by atoms with E-state index in [-0.39, 0.29) is 24.1 Å². The molecule has 1 aliphatic rings. The predicted molar refractivity (Wildman–Crippen MR) is 90.4 cm³/mol. The van der Waals surface area contributed by atoms with Crippen LogP contribution in [0.5, 0.6) is 0 Å². The SMILES string of the molecule is O=C1C[C@H](c2c(F)cccc2Cl)c2ccc3ccccc3c2N1. The van der Waals surface area contributed by atoms with E-state index in [1.54, 1.807) is 12.1 Å². The molecule has 0 fully saturated rings. The summed E-state index contributed by atoms with van der Waals surface area (Å²) < 4.78 is 14.4. The molecule has 0 bridgehead atoms. The van der Waals surface area contributed by atoms with Gasteiger partial charge in [-0.25, -0.2) is 4.39 Å². The largest absolute Gasteiger partial charge is 0.325 e. The van der Waals surface area contributed by atoms with Crippen LogP contribution in [0.15, 0.2) is 54.6 Å². The summed E-state index contributed by atoms with van der Waals surface area (Å²) in [6.45, 7) is 0. The summed E-state index contributed by atoms with van der Waals surface area (Å²) in [5, 5.41) is 5.28. The summed E-state index contributed by atoms with van der Waals surface area (Å²) in [6, 6.07) is 16.4. The van der Waals surface area contributed by atoms with Crippen LogP contribution in [0.2, 0.25) is 5.02 Å². The van der Waals surface area contributed by atoms with Crippen LogP contribution in [-0.2, 0) is 4.79 Å². The number of nitrogens with one attached hydrogen (secondary N) is 1. The van der Waals surface area contributed by atoms with E-state index in [2.05, 4.69) is 5.32 Å². The molecule has 3 aromatic rings. The van der Waals surface area contributed by atoms with Crippen LogP contribution in [0.1, 0.15) is 23.5 Å². The maximum Gasteiger partial charge on any atom is 0.225 e. The summed E-state index contributed by atoms with van der Waals surface area (Å²) in [4.78, 5) is 12.2. The second-order valence-electron chi connectivity index (χ2n) is 5.69. The van der Waals surface area contributed by atoms with Crippen molar-refractivity contribution in [3.8, 4) is 0 Å². The van der Waals surface area contributed by atoms with Gasteiger partial charge in [0.2, 0.25) is 5.91 Å². The number of amides is 1. The standard InChI is InChI=1S/C19H13ClFNO/c20-15-6-3-7-16(21)18(15)14-10-17(23)22-19-12-5-2-1-4-11(12)8-9-13(14)19/h1-9,14H,10H2,(H,22,23)/t14-/m0/s1. The van der Waals surface area contributed by atoms with Crippen molar-refractivity contribution in [2.24, 2.45) is 0 Å². The molecule has 4 rings (SSSR count). The molecule has 23 heavy (non-hydrogen) atoms. The lowest BCUT2D eigenvalue weighted by Gasteiger charge is -2.28. The molecule has 1 heterocycles. The minimum Gasteiger partial charge on any atom is -0.325 e. The summed E-state index contributed by atoms with van der Waals surface area (Å²) in [5.41, 5.74) is 2.04. The van der Waals surface area contributed by atoms with E-state index in [4.69, 9.17) is 11.6 Å². The second kappa shape index (κ2) is 5.36. The van der Waals surface area contributed by atoms with Crippen LogP contribution in [0.3, 0.4) is 0 Å². The third kappa shape index (κ3) is 2.28. The molecule has 1 N–H and O–H groups in total. The van der Waals surface area contributed by atoms with E-state index >= 15 is 0 Å². The van der Waals surface area contributed by atoms with E-state index in [0.29, 0.717) is 10.6 Å². The Kier molecular flexibility index (Phi) is 3.31. The average Bonchev–Trinajstić information content (AvgIpc) is 2.54. The molecular formula is C19H13ClFNO. The van der Waals surface area contributed by atoms with Gasteiger partial charge in [0.25, 0.3) is 0 Å². The van der Waals surface area contributed by atoms with Gasteiger partial charge >= 0.3 is 0 Å². The van der Waals surface area contributed by atoms with Gasteiger partial charge in [-0.15, -0.1) is 0 Å². The van der Waals surface area contributed by atoms with E-state index in [1.807, 2.05) is 36.4 Å². The smallest absolute Gasteiger partial charge is 0.225 e. The Balaban J connectivity index is 1.99. The molecular weight excluding hydrogens is 313 g/mol. The topological polar surface area (TPSA) is 29.1 Å². The number of hydrogen-bond acceptors (Lipinski definition) is 1. The first kappa shape index (κ1) is 14.2. The average molecular weight is 326 g/mol. The molecule has 0 radical (unpaired) electrons. The van der Waals surface area contributed by atoms with Crippen LogP contribution in [0, 0.1) is 5.82 Å². The number of carbonyl (C=O) groups is 1. The zero-order valence-electron chi connectivity index (χ0n) is 12.1. The minimum atomic E-state index is -0.378. The van der Waals surface area contributed by atoms with Gasteiger partial charge in [0, 0.05) is 28.3 Å². The molecule has 0 aliphatic carbocycles. The molecule has 0 saturated carbocycles. The molecule has 1 atom stereocenters. The number of fused-ring (bicyclic) bond motifs is 3. The van der Waals surface area contributed by atoms with Crippen molar-refractivity contribution in [3.63, 3.8) is 0 Å². The molecule has 0 unspecified atom stereocenters. The van der Waals surface area contributed by atoms with Crippen molar-refractivity contribution < 1.29 is 9.18 Å². The first-order valence-electron chi connectivity index (χ1n) is 7.40. The number of anilines is 1. The molecule has 2 nitrogen and oxygen atoms in total. The molecule has 1 amide bonds. The van der Waals surface area contributed by atoms with Gasteiger partial charge in [-0.1, -0.05) is 54.1 Å². The third-order valence-corrected chi connectivity index (χ3v) is 4.67. The lowest BCUT2D eigenvalue weighted by Crippen LogP contribution is -2.24. The molecule has 0 spiro atoms. The van der Waals surface area contributed by atoms with Gasteiger partial charge in [0.05, 0.1) is 5.69 Å². The normalized spacial score (nSPS) is 17.0. The molecule has 1 aliphatic heterocycles. The van der Waals surface area contributed by atoms with Crippen molar-refractivity contribution in [1.82, 2.24) is 0 Å². The van der Waals surface area contributed by atoms with Crippen molar-refractivity contribution >= 4 is 34.0 Å². The summed E-state index contributed by atoms with van der Waals surface area (Å²) in [5.74, 6) is -0.883. The van der Waals surface area contributed by atoms with Gasteiger partial charge in [0.1, 0.15) is 5.82 Å². The van der Waals surface area contributed by atoms with Crippen LogP contribution in [0.4, 0.5) is 10.1 Å². The zero-order valence-corrected chi connectivity index (χ0v) is 12.9. The van der Waals surface area contributed by atoms with Crippen molar-refractivity contribution in [3.05, 3.63) is 76.6 Å². The maximum atomic E-state index is 14.4. The zero-order chi connectivity index (χ0) is 16.0. The number of benzene rings is 3. The Morgan fingerprint density at radius 3 is 2.70 bits per heavy atom. The fraction of sp³-hybridized carbons (Fsp3) is 0.105. The Labute approximate surface area is 137 Å². The number of halogens is 2. The molecule has 0 aromatic heterocycles. The van der Waals surface area contributed by atoms with Crippen LogP contribution in [-0.4, -0.2) is 5.91 Å². The Bertz CT molecular complexity index is 918. The first-order valence-corrected chi connectivity index (χ1v) is 7.78. The molecule has 0 saturated heterocycles. The molecule has 4 heteroatoms. The van der Waals surface area contributed by atoms with Crippen molar-refractivity contribution in [1.29, 1.82) is 0 Å². The predicted octanol–water partition coefficient (Wildman–Crippen LogP) is 5.11. The Morgan fingerprint density at radius 2 is 1.87 bits per heavy atom. The summed E-state index contributed by atoms with van der Waals surface area (Å²) >= 11 is 6.22. The van der Waals surface area contributed by atoms with E-state index in [0.717, 1.165) is 22.0 Å². The summed E-state index contributed by atoms with van der Waals surface area (Å²) in [6.07, 6.45) is 0.187.